The zero-order valence-corrected chi connectivity index (χ0v) is 25.4. The van der Waals surface area contributed by atoms with Crippen LogP contribution in [0.25, 0.3) is 6.08 Å². The van der Waals surface area contributed by atoms with Gasteiger partial charge in [0.15, 0.2) is 23.3 Å². The smallest absolute Gasteiger partial charge is 0.324 e. The van der Waals surface area contributed by atoms with Gasteiger partial charge in [-0.1, -0.05) is 26.7 Å². The molecule has 44 heavy (non-hydrogen) atoms. The van der Waals surface area contributed by atoms with Gasteiger partial charge in [-0.25, -0.2) is 17.2 Å². The van der Waals surface area contributed by atoms with E-state index in [0.29, 0.717) is 12.8 Å². The van der Waals surface area contributed by atoms with Gasteiger partial charge < -0.3 is 25.7 Å². The number of rotatable bonds is 16. The van der Waals surface area contributed by atoms with Crippen molar-refractivity contribution in [3.05, 3.63) is 59.2 Å². The molecule has 0 bridgehead atoms. The highest BCUT2D eigenvalue weighted by Crippen LogP contribution is 2.30. The zero-order valence-electron chi connectivity index (χ0n) is 24.6. The summed E-state index contributed by atoms with van der Waals surface area (Å²) in [6.07, 6.45) is 3.25. The van der Waals surface area contributed by atoms with Gasteiger partial charge in [-0.2, -0.15) is 9.71 Å². The molecule has 0 saturated heterocycles. The van der Waals surface area contributed by atoms with Crippen molar-refractivity contribution in [1.29, 1.82) is 0 Å². The monoisotopic (exact) mass is 638 g/mol. The summed E-state index contributed by atoms with van der Waals surface area (Å²) >= 11 is 0. The second-order valence-corrected chi connectivity index (χ2v) is 11.2. The number of aliphatic imine (C=N–C) groups is 1. The molecule has 2 rings (SSSR count). The van der Waals surface area contributed by atoms with E-state index in [1.807, 2.05) is 13.8 Å². The molecule has 0 radical (unpaired) electrons. The maximum Gasteiger partial charge on any atom is 0.324 e. The van der Waals surface area contributed by atoms with Crippen molar-refractivity contribution in [2.24, 2.45) is 16.5 Å². The molecule has 2 aromatic rings. The summed E-state index contributed by atoms with van der Waals surface area (Å²) in [5.41, 5.74) is 10.3. The number of nitrogens with two attached hydrogens (primary N) is 2. The van der Waals surface area contributed by atoms with E-state index in [9.17, 15) is 31.6 Å². The Balaban J connectivity index is 2.21. The number of unbranched alkanes of at least 4 members (excludes halogenated alkanes) is 2. The molecule has 0 aliphatic heterocycles. The summed E-state index contributed by atoms with van der Waals surface area (Å²) in [4.78, 5) is 39.7. The van der Waals surface area contributed by atoms with Crippen molar-refractivity contribution in [2.75, 3.05) is 13.2 Å². The minimum atomic E-state index is -4.36. The van der Waals surface area contributed by atoms with Crippen LogP contribution in [0.4, 0.5) is 8.78 Å². The second-order valence-electron chi connectivity index (χ2n) is 9.53. The zero-order chi connectivity index (χ0) is 32.9. The van der Waals surface area contributed by atoms with Crippen molar-refractivity contribution in [1.82, 2.24) is 4.72 Å². The number of nitrogens with zero attached hydrogens (tertiary/aromatic N) is 1. The Morgan fingerprint density at radius 2 is 1.55 bits per heavy atom. The van der Waals surface area contributed by atoms with E-state index in [1.54, 1.807) is 0 Å². The maximum atomic E-state index is 14.7. The van der Waals surface area contributed by atoms with E-state index >= 15 is 0 Å². The molecule has 0 aliphatic carbocycles. The Morgan fingerprint density at radius 1 is 0.977 bits per heavy atom. The normalized spacial score (nSPS) is 12.2. The molecule has 5 N–H and O–H groups in total. The number of carbonyl (C=O) groups is 3. The van der Waals surface area contributed by atoms with Crippen LogP contribution in [-0.4, -0.2) is 51.5 Å². The van der Waals surface area contributed by atoms with Crippen molar-refractivity contribution < 1.29 is 45.8 Å². The van der Waals surface area contributed by atoms with Crippen LogP contribution in [0, 0.1) is 11.6 Å². The number of hydrogen-bond acceptors (Lipinski definition) is 8. The van der Waals surface area contributed by atoms with Crippen LogP contribution in [0.15, 0.2) is 51.9 Å². The molecule has 0 aromatic heterocycles. The first-order chi connectivity index (χ1) is 20.8. The number of guanidine groups is 1. The third-order valence-electron chi connectivity index (χ3n) is 5.78. The molecule has 0 fully saturated rings. The van der Waals surface area contributed by atoms with Crippen LogP contribution >= 0.6 is 0 Å². The highest BCUT2D eigenvalue weighted by molar-refractivity contribution is 7.89. The van der Waals surface area contributed by atoms with E-state index < -0.39 is 63.7 Å². The molecule has 12 nitrogen and oxygen atoms in total. The Hall–Kier alpha value is -4.37. The van der Waals surface area contributed by atoms with Crippen molar-refractivity contribution in [2.45, 2.75) is 63.8 Å². The van der Waals surface area contributed by atoms with E-state index in [0.717, 1.165) is 49.2 Å². The van der Waals surface area contributed by atoms with Crippen LogP contribution in [-0.2, 0) is 33.9 Å². The Kier molecular flexibility index (Phi) is 13.9. The SMILES string of the molecule is CCCCOC(=O)CC(NS(=O)(=O)c1ccc(Oc2c(F)cc(/C=C(\C)C(=O)N=C(N)N)cc2F)cc1)C(=O)OCCCC. The van der Waals surface area contributed by atoms with Crippen molar-refractivity contribution in [3.63, 3.8) is 0 Å². The molecule has 1 atom stereocenters. The molecule has 0 aliphatic rings. The number of benzene rings is 2. The summed E-state index contributed by atoms with van der Waals surface area (Å²) in [5, 5.41) is 0. The predicted octanol–water partition coefficient (Wildman–Crippen LogP) is 3.68. The third-order valence-corrected chi connectivity index (χ3v) is 7.27. The van der Waals surface area contributed by atoms with Gasteiger partial charge in [0.1, 0.15) is 11.8 Å². The van der Waals surface area contributed by atoms with Gasteiger partial charge in [0.05, 0.1) is 24.5 Å². The summed E-state index contributed by atoms with van der Waals surface area (Å²) < 4.78 is 73.2. The summed E-state index contributed by atoms with van der Waals surface area (Å²) in [6.45, 7) is 5.31. The average molecular weight is 639 g/mol. The summed E-state index contributed by atoms with van der Waals surface area (Å²) in [7, 11) is -4.36. The first-order valence-electron chi connectivity index (χ1n) is 13.7. The number of hydrogen-bond donors (Lipinski definition) is 3. The predicted molar refractivity (Wildman–Crippen MR) is 158 cm³/mol. The molecule has 1 unspecified atom stereocenters. The number of sulfonamides is 1. The van der Waals surface area contributed by atoms with Gasteiger partial charge in [0.25, 0.3) is 5.91 Å². The molecule has 0 saturated carbocycles. The van der Waals surface area contributed by atoms with E-state index in [1.165, 1.54) is 13.0 Å². The van der Waals surface area contributed by atoms with Gasteiger partial charge in [-0.3, -0.25) is 14.4 Å². The Labute approximate surface area is 254 Å². The average Bonchev–Trinajstić information content (AvgIpc) is 2.94. The van der Waals surface area contributed by atoms with Gasteiger partial charge in [-0.05, 0) is 67.8 Å². The lowest BCUT2D eigenvalue weighted by molar-refractivity contribution is -0.152. The number of amides is 1. The van der Waals surface area contributed by atoms with Crippen LogP contribution in [0.1, 0.15) is 58.4 Å². The van der Waals surface area contributed by atoms with Gasteiger partial charge in [0.2, 0.25) is 10.0 Å². The molecule has 240 valence electrons. The first-order valence-corrected chi connectivity index (χ1v) is 15.2. The van der Waals surface area contributed by atoms with E-state index in [-0.39, 0.29) is 35.0 Å². The fourth-order valence-corrected chi connectivity index (χ4v) is 4.67. The van der Waals surface area contributed by atoms with Crippen LogP contribution in [0.3, 0.4) is 0 Å². The largest absolute Gasteiger partial charge is 0.466 e. The lowest BCUT2D eigenvalue weighted by Crippen LogP contribution is -2.43. The maximum absolute atomic E-state index is 14.7. The highest BCUT2D eigenvalue weighted by Gasteiger charge is 2.30. The molecule has 2 aromatic carbocycles. The molecular weight excluding hydrogens is 602 g/mol. The lowest BCUT2D eigenvalue weighted by atomic mass is 10.1. The van der Waals surface area contributed by atoms with E-state index in [4.69, 9.17) is 25.7 Å². The van der Waals surface area contributed by atoms with Gasteiger partial charge in [0, 0.05) is 5.57 Å². The van der Waals surface area contributed by atoms with Gasteiger partial charge in [-0.15, -0.1) is 0 Å². The highest BCUT2D eigenvalue weighted by atomic mass is 32.2. The molecule has 15 heteroatoms. The minimum Gasteiger partial charge on any atom is -0.466 e. The second kappa shape index (κ2) is 17.1. The first kappa shape index (κ1) is 35.8. The number of esters is 2. The Morgan fingerprint density at radius 3 is 2.09 bits per heavy atom. The number of nitrogens with one attached hydrogen (secondary N) is 1. The molecule has 0 heterocycles. The van der Waals surface area contributed by atoms with Gasteiger partial charge >= 0.3 is 11.9 Å². The summed E-state index contributed by atoms with van der Waals surface area (Å²) in [5.74, 6) is -6.07. The Bertz CT molecular complexity index is 1470. The standard InChI is InChI=1S/C29H36F2N4O8S/c1-4-6-12-41-25(36)17-24(28(38)42-13-7-5-2)35-44(39,40)21-10-8-20(9-11-21)43-26-22(30)15-19(16-23(26)31)14-18(3)27(37)34-29(32)33/h8-11,14-16,24,35H,4-7,12-13,17H2,1-3H3,(H4,32,33,34,37)/b18-14+. The fourth-order valence-electron chi connectivity index (χ4n) is 3.48. The molecular formula is C29H36F2N4O8S. The topological polar surface area (TPSA) is 189 Å². The molecule has 0 spiro atoms. The van der Waals surface area contributed by atoms with Crippen molar-refractivity contribution in [3.8, 4) is 11.5 Å². The minimum absolute atomic E-state index is 0.00599. The van der Waals surface area contributed by atoms with E-state index in [2.05, 4.69) is 9.71 Å². The van der Waals surface area contributed by atoms with Crippen molar-refractivity contribution >= 4 is 39.9 Å². The fraction of sp³-hybridized carbons (Fsp3) is 0.379. The molecule has 1 amide bonds. The number of halogens is 2. The van der Waals surface area contributed by atoms with Crippen LogP contribution in [0.2, 0.25) is 0 Å². The number of ether oxygens (including phenoxy) is 3. The lowest BCUT2D eigenvalue weighted by Gasteiger charge is -2.17. The summed E-state index contributed by atoms with van der Waals surface area (Å²) in [6, 6.07) is 4.75. The third kappa shape index (κ3) is 11.4. The number of carbonyl (C=O) groups excluding carboxylic acids is 3. The van der Waals surface area contributed by atoms with Crippen LogP contribution < -0.4 is 20.9 Å². The quantitative estimate of drug-likeness (QED) is 0.0804. The van der Waals surface area contributed by atoms with Crippen LogP contribution in [0.5, 0.6) is 11.5 Å².